The molecule has 2 rings (SSSR count). The van der Waals surface area contributed by atoms with E-state index in [1.807, 2.05) is 17.5 Å². The summed E-state index contributed by atoms with van der Waals surface area (Å²) < 4.78 is 5.34. The Bertz CT molecular complexity index is 573. The van der Waals surface area contributed by atoms with Gasteiger partial charge in [-0.05, 0) is 30.0 Å². The van der Waals surface area contributed by atoms with Gasteiger partial charge in [-0.1, -0.05) is 35.3 Å². The van der Waals surface area contributed by atoms with Crippen LogP contribution in [0.5, 0.6) is 5.75 Å². The monoisotopic (exact) mass is 329 g/mol. The van der Waals surface area contributed by atoms with Gasteiger partial charge in [0.1, 0.15) is 10.8 Å². The number of ether oxygens (including phenoxy) is 1. The molecule has 0 fully saturated rings. The van der Waals surface area contributed by atoms with Crippen molar-refractivity contribution in [2.75, 3.05) is 13.2 Å². The highest BCUT2D eigenvalue weighted by Crippen LogP contribution is 2.31. The lowest BCUT2D eigenvalue weighted by Crippen LogP contribution is -2.30. The molecule has 0 radical (unpaired) electrons. The molecule has 2 aromatic rings. The number of hydrogen-bond acceptors (Lipinski definition) is 3. The summed E-state index contributed by atoms with van der Waals surface area (Å²) in [6.45, 7) is 0.510. The molecule has 1 heterocycles. The summed E-state index contributed by atoms with van der Waals surface area (Å²) in [6, 6.07) is 9.09. The van der Waals surface area contributed by atoms with E-state index in [1.54, 1.807) is 29.5 Å². The quantitative estimate of drug-likeness (QED) is 0.875. The van der Waals surface area contributed by atoms with Crippen LogP contribution in [0.15, 0.2) is 35.7 Å². The first-order valence-corrected chi connectivity index (χ1v) is 7.66. The van der Waals surface area contributed by atoms with E-state index >= 15 is 0 Å². The second kappa shape index (κ2) is 7.53. The van der Waals surface area contributed by atoms with Crippen LogP contribution in [0, 0.1) is 0 Å². The van der Waals surface area contributed by atoms with Crippen molar-refractivity contribution in [1.82, 2.24) is 5.32 Å². The Labute approximate surface area is 131 Å². The predicted molar refractivity (Wildman–Crippen MR) is 83.0 cm³/mol. The zero-order valence-corrected chi connectivity index (χ0v) is 12.9. The van der Waals surface area contributed by atoms with Crippen LogP contribution in [-0.2, 0) is 11.2 Å². The largest absolute Gasteiger partial charge is 0.482 e. The number of rotatable bonds is 6. The molecular formula is C14H13Cl2NO2S. The van der Waals surface area contributed by atoms with Crippen LogP contribution in [0.1, 0.15) is 4.88 Å². The van der Waals surface area contributed by atoms with Crippen molar-refractivity contribution in [3.05, 3.63) is 50.6 Å². The van der Waals surface area contributed by atoms with Crippen molar-refractivity contribution in [2.24, 2.45) is 0 Å². The summed E-state index contributed by atoms with van der Waals surface area (Å²) in [7, 11) is 0. The van der Waals surface area contributed by atoms with E-state index < -0.39 is 0 Å². The predicted octanol–water partition coefficient (Wildman–Crippen LogP) is 3.79. The molecule has 1 aromatic heterocycles. The summed E-state index contributed by atoms with van der Waals surface area (Å²) in [6.07, 6.45) is 0.821. The number of benzene rings is 1. The van der Waals surface area contributed by atoms with Crippen LogP contribution in [0.25, 0.3) is 0 Å². The second-order valence-corrected chi connectivity index (χ2v) is 5.84. The van der Waals surface area contributed by atoms with Gasteiger partial charge in [0.15, 0.2) is 6.61 Å². The van der Waals surface area contributed by atoms with Crippen LogP contribution < -0.4 is 10.1 Å². The Kier molecular flexibility index (Phi) is 5.71. The van der Waals surface area contributed by atoms with E-state index in [0.717, 1.165) is 6.42 Å². The first kappa shape index (κ1) is 15.2. The first-order valence-electron chi connectivity index (χ1n) is 6.02. The maximum absolute atomic E-state index is 11.6. The van der Waals surface area contributed by atoms with Crippen molar-refractivity contribution in [2.45, 2.75) is 6.42 Å². The van der Waals surface area contributed by atoms with E-state index in [1.165, 1.54) is 4.88 Å². The van der Waals surface area contributed by atoms with Crippen LogP contribution in [-0.4, -0.2) is 19.1 Å². The number of amides is 1. The van der Waals surface area contributed by atoms with Crippen molar-refractivity contribution in [1.29, 1.82) is 0 Å². The number of carbonyl (C=O) groups excluding carboxylic acids is 1. The third kappa shape index (κ3) is 4.40. The van der Waals surface area contributed by atoms with Crippen molar-refractivity contribution in [3.8, 4) is 5.75 Å². The Hall–Kier alpha value is -1.23. The number of nitrogens with one attached hydrogen (secondary N) is 1. The Morgan fingerprint density at radius 3 is 2.85 bits per heavy atom. The fraction of sp³-hybridized carbons (Fsp3) is 0.214. The van der Waals surface area contributed by atoms with Gasteiger partial charge in [0.25, 0.3) is 5.91 Å². The molecule has 6 heteroatoms. The van der Waals surface area contributed by atoms with Gasteiger partial charge in [0.05, 0.1) is 5.02 Å². The average molecular weight is 330 g/mol. The molecule has 1 amide bonds. The van der Waals surface area contributed by atoms with Gasteiger partial charge in [-0.3, -0.25) is 4.79 Å². The molecule has 0 unspecified atom stereocenters. The van der Waals surface area contributed by atoms with E-state index in [0.29, 0.717) is 22.3 Å². The van der Waals surface area contributed by atoms with Crippen LogP contribution in [0.4, 0.5) is 0 Å². The minimum absolute atomic E-state index is 0.0789. The Morgan fingerprint density at radius 1 is 1.25 bits per heavy atom. The van der Waals surface area contributed by atoms with Crippen molar-refractivity contribution < 1.29 is 9.53 Å². The third-order valence-corrected chi connectivity index (χ3v) is 4.29. The summed E-state index contributed by atoms with van der Waals surface area (Å²) in [5.41, 5.74) is 0. The van der Waals surface area contributed by atoms with E-state index in [-0.39, 0.29) is 12.5 Å². The molecule has 0 atom stereocenters. The lowest BCUT2D eigenvalue weighted by Gasteiger charge is -2.09. The molecule has 1 aromatic carbocycles. The molecule has 0 aliphatic rings. The summed E-state index contributed by atoms with van der Waals surface area (Å²) in [5.74, 6) is 0.227. The number of carbonyl (C=O) groups is 1. The molecule has 1 N–H and O–H groups in total. The number of thiophene rings is 1. The molecule has 0 spiro atoms. The maximum Gasteiger partial charge on any atom is 0.257 e. The smallest absolute Gasteiger partial charge is 0.257 e. The van der Waals surface area contributed by atoms with Gasteiger partial charge in [0.2, 0.25) is 0 Å². The summed E-state index contributed by atoms with van der Waals surface area (Å²) >= 11 is 13.5. The second-order valence-electron chi connectivity index (χ2n) is 4.02. The maximum atomic E-state index is 11.6. The lowest BCUT2D eigenvalue weighted by molar-refractivity contribution is -0.123. The SMILES string of the molecule is O=C(COc1cccc(Cl)c1Cl)NCCc1cccs1. The van der Waals surface area contributed by atoms with Gasteiger partial charge in [0, 0.05) is 11.4 Å². The Morgan fingerprint density at radius 2 is 2.10 bits per heavy atom. The van der Waals surface area contributed by atoms with E-state index in [9.17, 15) is 4.79 Å². The van der Waals surface area contributed by atoms with Gasteiger partial charge in [-0.2, -0.15) is 0 Å². The van der Waals surface area contributed by atoms with Gasteiger partial charge < -0.3 is 10.1 Å². The minimum Gasteiger partial charge on any atom is -0.482 e. The Balaban J connectivity index is 1.73. The van der Waals surface area contributed by atoms with Crippen LogP contribution in [0.3, 0.4) is 0 Å². The van der Waals surface area contributed by atoms with Crippen LogP contribution in [0.2, 0.25) is 10.0 Å². The number of hydrogen-bond donors (Lipinski definition) is 1. The fourth-order valence-electron chi connectivity index (χ4n) is 1.57. The molecule has 0 saturated carbocycles. The van der Waals surface area contributed by atoms with Gasteiger partial charge in [-0.25, -0.2) is 0 Å². The molecule has 0 aliphatic heterocycles. The lowest BCUT2D eigenvalue weighted by atomic mass is 10.3. The topological polar surface area (TPSA) is 38.3 Å². The van der Waals surface area contributed by atoms with Gasteiger partial charge >= 0.3 is 0 Å². The molecule has 0 saturated heterocycles. The summed E-state index contributed by atoms with van der Waals surface area (Å²) in [5, 5.41) is 5.53. The molecule has 0 bridgehead atoms. The molecule has 106 valence electrons. The molecule has 20 heavy (non-hydrogen) atoms. The van der Waals surface area contributed by atoms with Gasteiger partial charge in [-0.15, -0.1) is 11.3 Å². The average Bonchev–Trinajstić information content (AvgIpc) is 2.94. The standard InChI is InChI=1S/C14H13Cl2NO2S/c15-11-4-1-5-12(14(11)16)19-9-13(18)17-7-6-10-3-2-8-20-10/h1-5,8H,6-7,9H2,(H,17,18). The third-order valence-electron chi connectivity index (χ3n) is 2.55. The van der Waals surface area contributed by atoms with Crippen molar-refractivity contribution >= 4 is 40.4 Å². The van der Waals surface area contributed by atoms with Crippen LogP contribution >= 0.6 is 34.5 Å². The highest BCUT2D eigenvalue weighted by molar-refractivity contribution is 7.09. The first-order chi connectivity index (χ1) is 9.66. The molecule has 0 aliphatic carbocycles. The zero-order chi connectivity index (χ0) is 14.4. The molecular weight excluding hydrogens is 317 g/mol. The van der Waals surface area contributed by atoms with Crippen molar-refractivity contribution in [3.63, 3.8) is 0 Å². The zero-order valence-electron chi connectivity index (χ0n) is 10.6. The van der Waals surface area contributed by atoms with E-state index in [4.69, 9.17) is 27.9 Å². The normalized spacial score (nSPS) is 10.3. The highest BCUT2D eigenvalue weighted by atomic mass is 35.5. The fourth-order valence-corrected chi connectivity index (χ4v) is 2.63. The van der Waals surface area contributed by atoms with E-state index in [2.05, 4.69) is 5.32 Å². The highest BCUT2D eigenvalue weighted by Gasteiger charge is 2.08. The summed E-state index contributed by atoms with van der Waals surface area (Å²) in [4.78, 5) is 12.9. The number of halogens is 2. The molecule has 3 nitrogen and oxygen atoms in total. The minimum atomic E-state index is -0.183.